The fraction of sp³-hybridized carbons (Fsp3) is 0.0870. The Morgan fingerprint density at radius 2 is 1.71 bits per heavy atom. The Morgan fingerprint density at radius 3 is 2.45 bits per heavy atom. The minimum atomic E-state index is -4.97. The summed E-state index contributed by atoms with van der Waals surface area (Å²) >= 11 is 0. The van der Waals surface area contributed by atoms with Gasteiger partial charge in [-0.1, -0.05) is 18.2 Å². The van der Waals surface area contributed by atoms with E-state index in [2.05, 4.69) is 10.1 Å². The Hall–Kier alpha value is -3.65. The number of hydrogen-bond acceptors (Lipinski definition) is 2. The number of aliphatic hydroxyl groups is 1. The van der Waals surface area contributed by atoms with Crippen molar-refractivity contribution in [3.63, 3.8) is 0 Å². The van der Waals surface area contributed by atoms with Gasteiger partial charge in [-0.15, -0.1) is 0 Å². The molecular weight excluding hydrogens is 410 g/mol. The van der Waals surface area contributed by atoms with Crippen molar-refractivity contribution in [3.8, 4) is 5.69 Å². The summed E-state index contributed by atoms with van der Waals surface area (Å²) in [6.07, 6.45) is -2.03. The summed E-state index contributed by atoms with van der Waals surface area (Å²) in [6.45, 7) is 0. The summed E-state index contributed by atoms with van der Waals surface area (Å²) < 4.78 is 57.6. The molecular formula is C23H15F4N3O. The highest BCUT2D eigenvalue weighted by atomic mass is 19.4. The van der Waals surface area contributed by atoms with Gasteiger partial charge in [0.05, 0.1) is 17.4 Å². The second kappa shape index (κ2) is 6.68. The molecule has 2 N–H and O–H groups in total. The first kappa shape index (κ1) is 19.3. The first-order valence-electron chi connectivity index (χ1n) is 9.39. The van der Waals surface area contributed by atoms with Crippen LogP contribution in [0.5, 0.6) is 0 Å². The zero-order valence-corrected chi connectivity index (χ0v) is 15.9. The third-order valence-electron chi connectivity index (χ3n) is 5.45. The first-order valence-corrected chi connectivity index (χ1v) is 9.39. The van der Waals surface area contributed by atoms with Crippen LogP contribution in [0.2, 0.25) is 0 Å². The molecule has 0 bridgehead atoms. The summed E-state index contributed by atoms with van der Waals surface area (Å²) in [7, 11) is 0. The quantitative estimate of drug-likeness (QED) is 0.378. The Morgan fingerprint density at radius 1 is 0.935 bits per heavy atom. The molecule has 0 amide bonds. The third-order valence-corrected chi connectivity index (χ3v) is 5.45. The third kappa shape index (κ3) is 2.90. The summed E-state index contributed by atoms with van der Waals surface area (Å²) in [5.74, 6) is -0.406. The molecule has 2 heterocycles. The molecule has 1 atom stereocenters. The van der Waals surface area contributed by atoms with Gasteiger partial charge in [-0.05, 0) is 54.1 Å². The van der Waals surface area contributed by atoms with Crippen LogP contribution in [0.15, 0.2) is 79.1 Å². The molecule has 3 aromatic carbocycles. The van der Waals surface area contributed by atoms with E-state index in [0.717, 1.165) is 0 Å². The van der Waals surface area contributed by atoms with Crippen LogP contribution in [0, 0.1) is 5.82 Å². The minimum Gasteiger partial charge on any atom is -0.372 e. The highest BCUT2D eigenvalue weighted by molar-refractivity contribution is 5.86. The minimum absolute atomic E-state index is 0.260. The first-order chi connectivity index (χ1) is 14.8. The van der Waals surface area contributed by atoms with Gasteiger partial charge in [0.25, 0.3) is 0 Å². The summed E-state index contributed by atoms with van der Waals surface area (Å²) in [5, 5.41) is 16.0. The zero-order chi connectivity index (χ0) is 21.8. The van der Waals surface area contributed by atoms with Crippen molar-refractivity contribution in [3.05, 3.63) is 96.1 Å². The normalized spacial score (nSPS) is 14.2. The smallest absolute Gasteiger partial charge is 0.372 e. The Balaban J connectivity index is 1.70. The second-order valence-corrected chi connectivity index (χ2v) is 7.26. The largest absolute Gasteiger partial charge is 0.425 e. The van der Waals surface area contributed by atoms with Gasteiger partial charge in [0, 0.05) is 28.0 Å². The van der Waals surface area contributed by atoms with Crippen molar-refractivity contribution in [2.45, 2.75) is 11.8 Å². The van der Waals surface area contributed by atoms with E-state index in [-0.39, 0.29) is 16.5 Å². The van der Waals surface area contributed by atoms with Crippen molar-refractivity contribution in [1.29, 1.82) is 0 Å². The predicted molar refractivity (Wildman–Crippen MR) is 108 cm³/mol. The number of hydrogen-bond donors (Lipinski definition) is 2. The maximum absolute atomic E-state index is 14.3. The zero-order valence-electron chi connectivity index (χ0n) is 15.9. The molecule has 1 unspecified atom stereocenters. The number of rotatable bonds is 3. The van der Waals surface area contributed by atoms with Crippen molar-refractivity contribution in [1.82, 2.24) is 14.8 Å². The van der Waals surface area contributed by atoms with Crippen LogP contribution in [0.1, 0.15) is 11.1 Å². The van der Waals surface area contributed by atoms with Crippen LogP contribution >= 0.6 is 0 Å². The van der Waals surface area contributed by atoms with Gasteiger partial charge in [-0.2, -0.15) is 18.3 Å². The van der Waals surface area contributed by atoms with Crippen molar-refractivity contribution >= 4 is 21.8 Å². The van der Waals surface area contributed by atoms with Crippen molar-refractivity contribution in [2.24, 2.45) is 0 Å². The van der Waals surface area contributed by atoms with Crippen molar-refractivity contribution < 1.29 is 22.7 Å². The van der Waals surface area contributed by atoms with Crippen LogP contribution in [-0.2, 0) is 5.60 Å². The number of benzene rings is 3. The van der Waals surface area contributed by atoms with E-state index < -0.39 is 17.6 Å². The van der Waals surface area contributed by atoms with Crippen LogP contribution in [0.3, 0.4) is 0 Å². The number of halogens is 4. The molecule has 0 aliphatic carbocycles. The van der Waals surface area contributed by atoms with E-state index in [4.69, 9.17) is 0 Å². The molecule has 0 fully saturated rings. The average Bonchev–Trinajstić information content (AvgIpc) is 3.39. The SMILES string of the molecule is OC(c1ccc2c(cnn2-c2ccc(F)cc2)c1)(c1cccc2[nH]ccc12)C(F)(F)F. The predicted octanol–water partition coefficient (Wildman–Crippen LogP) is 5.44. The lowest BCUT2D eigenvalue weighted by Gasteiger charge is -2.32. The molecule has 0 aliphatic heterocycles. The van der Waals surface area contributed by atoms with E-state index in [1.807, 2.05) is 0 Å². The number of alkyl halides is 3. The van der Waals surface area contributed by atoms with Gasteiger partial charge < -0.3 is 10.1 Å². The fourth-order valence-electron chi connectivity index (χ4n) is 3.92. The van der Waals surface area contributed by atoms with Crippen LogP contribution in [0.4, 0.5) is 17.6 Å². The average molecular weight is 425 g/mol. The van der Waals surface area contributed by atoms with Crippen molar-refractivity contribution in [2.75, 3.05) is 0 Å². The number of nitrogens with one attached hydrogen (secondary N) is 1. The Bertz CT molecular complexity index is 1400. The standard InChI is InChI=1S/C23H15F4N3O/c24-16-5-7-17(8-6-16)30-21-9-4-15(12-14(21)13-29-30)22(31,23(25,26)27)19-2-1-3-20-18(19)10-11-28-20/h1-13,28,31H. The van der Waals surface area contributed by atoms with Crippen LogP contribution in [-0.4, -0.2) is 26.0 Å². The monoisotopic (exact) mass is 425 g/mol. The molecule has 5 aromatic rings. The molecule has 156 valence electrons. The summed E-state index contributed by atoms with van der Waals surface area (Å²) in [5.41, 5.74) is -2.22. The molecule has 0 saturated heterocycles. The van der Waals surface area contributed by atoms with Gasteiger partial charge >= 0.3 is 6.18 Å². The molecule has 5 rings (SSSR count). The molecule has 0 spiro atoms. The number of aromatic amines is 1. The number of fused-ring (bicyclic) bond motifs is 2. The van der Waals surface area contributed by atoms with E-state index in [9.17, 15) is 22.7 Å². The van der Waals surface area contributed by atoms with Gasteiger partial charge in [-0.3, -0.25) is 0 Å². The van der Waals surface area contributed by atoms with E-state index >= 15 is 0 Å². The number of H-pyrrole nitrogens is 1. The molecule has 4 nitrogen and oxygen atoms in total. The van der Waals surface area contributed by atoms with Crippen LogP contribution < -0.4 is 0 Å². The lowest BCUT2D eigenvalue weighted by molar-refractivity contribution is -0.247. The lowest BCUT2D eigenvalue weighted by atomic mass is 9.83. The highest BCUT2D eigenvalue weighted by Crippen LogP contribution is 2.46. The Kier molecular flexibility index (Phi) is 4.16. The molecule has 2 aromatic heterocycles. The molecule has 0 saturated carbocycles. The van der Waals surface area contributed by atoms with Gasteiger partial charge in [0.2, 0.25) is 5.60 Å². The molecule has 8 heteroatoms. The fourth-order valence-corrected chi connectivity index (χ4v) is 3.92. The van der Waals surface area contributed by atoms with E-state index in [1.165, 1.54) is 77.7 Å². The Labute approximate surface area is 173 Å². The van der Waals surface area contributed by atoms with Gasteiger partial charge in [0.15, 0.2) is 0 Å². The van der Waals surface area contributed by atoms with E-state index in [0.29, 0.717) is 22.1 Å². The highest BCUT2D eigenvalue weighted by Gasteiger charge is 2.57. The van der Waals surface area contributed by atoms with E-state index in [1.54, 1.807) is 6.07 Å². The molecule has 31 heavy (non-hydrogen) atoms. The second-order valence-electron chi connectivity index (χ2n) is 7.26. The van der Waals surface area contributed by atoms with Gasteiger partial charge in [-0.25, -0.2) is 9.07 Å². The topological polar surface area (TPSA) is 53.8 Å². The summed E-state index contributed by atoms with van der Waals surface area (Å²) in [4.78, 5) is 2.87. The number of nitrogens with zero attached hydrogens (tertiary/aromatic N) is 2. The maximum atomic E-state index is 14.3. The maximum Gasteiger partial charge on any atom is 0.425 e. The number of aromatic nitrogens is 3. The molecule has 0 aliphatic rings. The van der Waals surface area contributed by atoms with Crippen LogP contribution in [0.25, 0.3) is 27.5 Å². The summed E-state index contributed by atoms with van der Waals surface area (Å²) in [6, 6.07) is 15.5. The molecule has 0 radical (unpaired) electrons. The lowest BCUT2D eigenvalue weighted by Crippen LogP contribution is -2.43. The van der Waals surface area contributed by atoms with Gasteiger partial charge in [0.1, 0.15) is 5.82 Å².